The number of aliphatic hydroxyl groups is 1. The van der Waals surface area contributed by atoms with E-state index in [9.17, 15) is 13.5 Å². The van der Waals surface area contributed by atoms with Gasteiger partial charge in [-0.15, -0.1) is 11.3 Å². The first-order chi connectivity index (χ1) is 9.04. The molecule has 0 bridgehead atoms. The second kappa shape index (κ2) is 4.44. The van der Waals surface area contributed by atoms with Crippen molar-refractivity contribution in [3.05, 3.63) is 11.6 Å². The molecule has 1 atom stereocenters. The molecule has 1 fully saturated rings. The molecular weight excluding hydrogens is 288 g/mol. The summed E-state index contributed by atoms with van der Waals surface area (Å²) in [6.45, 7) is 0.479. The van der Waals surface area contributed by atoms with Crippen molar-refractivity contribution in [2.45, 2.75) is 17.6 Å². The Hall–Kier alpha value is -1.16. The first-order valence-electron chi connectivity index (χ1n) is 5.85. The molecule has 2 N–H and O–H groups in total. The van der Waals surface area contributed by atoms with Gasteiger partial charge in [0.15, 0.2) is 15.8 Å². The number of β-amino-alcohol motifs (C(OH)–C–C–N with tert-alkyl or cyclic N) is 1. The van der Waals surface area contributed by atoms with E-state index >= 15 is 0 Å². The van der Waals surface area contributed by atoms with Crippen LogP contribution in [0.5, 0.6) is 0 Å². The Balaban J connectivity index is 2.14. The maximum Gasteiger partial charge on any atom is 0.262 e. The Kier molecular flexibility index (Phi) is 3.01. The summed E-state index contributed by atoms with van der Waals surface area (Å²) >= 11 is 1.38. The molecule has 1 aliphatic rings. The largest absolute Gasteiger partial charge is 0.392 e. The van der Waals surface area contributed by atoms with Gasteiger partial charge in [-0.3, -0.25) is 4.40 Å². The van der Waals surface area contributed by atoms with Gasteiger partial charge in [0.1, 0.15) is 0 Å². The van der Waals surface area contributed by atoms with E-state index in [-0.39, 0.29) is 11.6 Å². The van der Waals surface area contributed by atoms with Gasteiger partial charge in [0.2, 0.25) is 0 Å². The molecule has 1 unspecified atom stereocenters. The third-order valence-corrected chi connectivity index (χ3v) is 5.81. The Labute approximate surface area is 114 Å². The van der Waals surface area contributed by atoms with Crippen LogP contribution in [0.2, 0.25) is 0 Å². The number of nitrogens with zero attached hydrogens (tertiary/aromatic N) is 3. The predicted octanol–water partition coefficient (Wildman–Crippen LogP) is 0.193. The summed E-state index contributed by atoms with van der Waals surface area (Å²) in [7, 11) is -2.01. The van der Waals surface area contributed by atoms with E-state index in [1.165, 1.54) is 15.6 Å². The van der Waals surface area contributed by atoms with Gasteiger partial charge >= 0.3 is 0 Å². The quantitative estimate of drug-likeness (QED) is 0.845. The summed E-state index contributed by atoms with van der Waals surface area (Å²) in [5, 5.41) is 14.3. The van der Waals surface area contributed by atoms with Gasteiger partial charge in [-0.1, -0.05) is 0 Å². The molecule has 0 amide bonds. The van der Waals surface area contributed by atoms with Gasteiger partial charge in [0.05, 0.1) is 6.10 Å². The minimum absolute atomic E-state index is 0.139. The number of rotatable bonds is 3. The molecule has 104 valence electrons. The minimum atomic E-state index is -3.65. The number of anilines is 1. The fourth-order valence-corrected chi connectivity index (χ4v) is 4.74. The minimum Gasteiger partial charge on any atom is -0.392 e. The van der Waals surface area contributed by atoms with E-state index in [1.54, 1.807) is 23.0 Å². The summed E-state index contributed by atoms with van der Waals surface area (Å²) < 4.78 is 28.2. The summed E-state index contributed by atoms with van der Waals surface area (Å²) in [6, 6.07) is 0. The van der Waals surface area contributed by atoms with Crippen LogP contribution in [-0.2, 0) is 10.0 Å². The molecule has 0 radical (unpaired) electrons. The first-order valence-corrected chi connectivity index (χ1v) is 8.17. The standard InChI is InChI=1S/C10H14N4O3S2/c1-11-8-9(14-4-5-18-10(14)12-8)19(16,17)13-3-2-7(15)6-13/h4-5,7,11,15H,2-3,6H2,1H3. The average Bonchev–Trinajstić information content (AvgIpc) is 3.01. The van der Waals surface area contributed by atoms with Crippen LogP contribution in [0.4, 0.5) is 5.82 Å². The molecule has 1 saturated heterocycles. The average molecular weight is 302 g/mol. The number of hydrogen-bond acceptors (Lipinski definition) is 6. The molecule has 2 aromatic heterocycles. The number of hydrogen-bond donors (Lipinski definition) is 2. The van der Waals surface area contributed by atoms with Crippen LogP contribution in [0.25, 0.3) is 4.96 Å². The lowest BCUT2D eigenvalue weighted by Crippen LogP contribution is -2.31. The maximum atomic E-state index is 12.7. The summed E-state index contributed by atoms with van der Waals surface area (Å²) in [5.74, 6) is 0.341. The molecule has 0 saturated carbocycles. The van der Waals surface area contributed by atoms with E-state index in [1.807, 2.05) is 0 Å². The van der Waals surface area contributed by atoms with E-state index in [0.29, 0.717) is 23.7 Å². The topological polar surface area (TPSA) is 86.9 Å². The number of nitrogens with one attached hydrogen (secondary N) is 1. The highest BCUT2D eigenvalue weighted by Crippen LogP contribution is 2.29. The van der Waals surface area contributed by atoms with Gasteiger partial charge in [-0.25, -0.2) is 13.4 Å². The number of aromatic nitrogens is 2. The van der Waals surface area contributed by atoms with Crippen molar-refractivity contribution in [3.63, 3.8) is 0 Å². The van der Waals surface area contributed by atoms with Gasteiger partial charge < -0.3 is 10.4 Å². The third kappa shape index (κ3) is 1.93. The van der Waals surface area contributed by atoms with Crippen LogP contribution in [0.3, 0.4) is 0 Å². The van der Waals surface area contributed by atoms with Crippen molar-refractivity contribution >= 4 is 32.1 Å². The lowest BCUT2D eigenvalue weighted by atomic mass is 10.3. The van der Waals surface area contributed by atoms with Gasteiger partial charge in [0.25, 0.3) is 10.0 Å². The fourth-order valence-electron chi connectivity index (χ4n) is 2.23. The smallest absolute Gasteiger partial charge is 0.262 e. The molecule has 1 aliphatic heterocycles. The van der Waals surface area contributed by atoms with Gasteiger partial charge in [-0.05, 0) is 6.42 Å². The van der Waals surface area contributed by atoms with Crippen molar-refractivity contribution in [1.29, 1.82) is 0 Å². The molecular formula is C10H14N4O3S2. The number of thiazole rings is 1. The first kappa shape index (κ1) is 12.9. The Morgan fingerprint density at radius 1 is 1.58 bits per heavy atom. The number of sulfonamides is 1. The molecule has 9 heteroatoms. The van der Waals surface area contributed by atoms with Crippen LogP contribution < -0.4 is 5.32 Å². The molecule has 7 nitrogen and oxygen atoms in total. The third-order valence-electron chi connectivity index (χ3n) is 3.17. The second-order valence-corrected chi connectivity index (χ2v) is 7.10. The Morgan fingerprint density at radius 3 is 3.00 bits per heavy atom. The fraction of sp³-hybridized carbons (Fsp3) is 0.500. The SMILES string of the molecule is CNc1nc2sccn2c1S(=O)(=O)N1CCC(O)C1. The van der Waals surface area contributed by atoms with Crippen LogP contribution >= 0.6 is 11.3 Å². The highest BCUT2D eigenvalue weighted by atomic mass is 32.2. The van der Waals surface area contributed by atoms with Crippen molar-refractivity contribution in [1.82, 2.24) is 13.7 Å². The molecule has 2 aromatic rings. The van der Waals surface area contributed by atoms with Crippen molar-refractivity contribution < 1.29 is 13.5 Å². The molecule has 3 heterocycles. The van der Waals surface area contributed by atoms with Crippen LogP contribution in [0.1, 0.15) is 6.42 Å². The number of aliphatic hydroxyl groups excluding tert-OH is 1. The summed E-state index contributed by atoms with van der Waals surface area (Å²) in [6.07, 6.45) is 1.58. The summed E-state index contributed by atoms with van der Waals surface area (Å²) in [4.78, 5) is 4.88. The highest BCUT2D eigenvalue weighted by molar-refractivity contribution is 7.89. The lowest BCUT2D eigenvalue weighted by molar-refractivity contribution is 0.189. The molecule has 0 aromatic carbocycles. The van der Waals surface area contributed by atoms with Gasteiger partial charge in [0, 0.05) is 31.7 Å². The normalized spacial score (nSPS) is 21.3. The maximum absolute atomic E-state index is 12.7. The Morgan fingerprint density at radius 2 is 2.37 bits per heavy atom. The molecule has 0 spiro atoms. The van der Waals surface area contributed by atoms with E-state index in [2.05, 4.69) is 10.3 Å². The Bertz CT molecular complexity index is 705. The zero-order valence-corrected chi connectivity index (χ0v) is 11.9. The zero-order chi connectivity index (χ0) is 13.6. The highest BCUT2D eigenvalue weighted by Gasteiger charge is 2.36. The lowest BCUT2D eigenvalue weighted by Gasteiger charge is -2.15. The van der Waals surface area contributed by atoms with E-state index < -0.39 is 16.1 Å². The van der Waals surface area contributed by atoms with Gasteiger partial charge in [-0.2, -0.15) is 4.31 Å². The van der Waals surface area contributed by atoms with Crippen LogP contribution in [0.15, 0.2) is 16.6 Å². The number of imidazole rings is 1. The van der Waals surface area contributed by atoms with Crippen molar-refractivity contribution in [2.24, 2.45) is 0 Å². The van der Waals surface area contributed by atoms with Crippen molar-refractivity contribution in [3.8, 4) is 0 Å². The van der Waals surface area contributed by atoms with Crippen LogP contribution in [-0.4, -0.2) is 53.5 Å². The number of fused-ring (bicyclic) bond motifs is 1. The molecule has 0 aliphatic carbocycles. The monoisotopic (exact) mass is 302 g/mol. The van der Waals surface area contributed by atoms with E-state index in [0.717, 1.165) is 0 Å². The zero-order valence-electron chi connectivity index (χ0n) is 10.3. The predicted molar refractivity (Wildman–Crippen MR) is 72.0 cm³/mol. The second-order valence-electron chi connectivity index (χ2n) is 4.38. The van der Waals surface area contributed by atoms with Crippen LogP contribution in [0, 0.1) is 0 Å². The van der Waals surface area contributed by atoms with Crippen molar-refractivity contribution in [2.75, 3.05) is 25.5 Å². The molecule has 19 heavy (non-hydrogen) atoms. The molecule has 3 rings (SSSR count). The van der Waals surface area contributed by atoms with E-state index in [4.69, 9.17) is 0 Å². The summed E-state index contributed by atoms with van der Waals surface area (Å²) in [5.41, 5.74) is 0.